The van der Waals surface area contributed by atoms with Gasteiger partial charge in [-0.25, -0.2) is 25.3 Å². The van der Waals surface area contributed by atoms with Crippen molar-refractivity contribution in [2.24, 2.45) is 0 Å². The van der Waals surface area contributed by atoms with E-state index in [0.717, 1.165) is 0 Å². The Kier molecular flexibility index (Phi) is 16.0. The Morgan fingerprint density at radius 1 is 0.562 bits per heavy atom. The fourth-order valence-electron chi connectivity index (χ4n) is 0. The molecular formula is H3CeO12S3. The van der Waals surface area contributed by atoms with Crippen molar-refractivity contribution in [2.75, 3.05) is 0 Å². The molecular weight excluding hydrogens is 428 g/mol. The summed E-state index contributed by atoms with van der Waals surface area (Å²) in [6.45, 7) is 0. The molecule has 3 N–H and O–H groups in total. The average Bonchev–Trinajstić information content (AvgIpc) is 1.41. The molecule has 0 unspecified atom stereocenters. The summed E-state index contributed by atoms with van der Waals surface area (Å²) in [5.74, 6) is 0. The molecule has 16 heteroatoms. The Balaban J connectivity index is -0.0000000655. The Hall–Kier alpha value is 0.987. The van der Waals surface area contributed by atoms with Crippen LogP contribution in [0.5, 0.6) is 0 Å². The van der Waals surface area contributed by atoms with Gasteiger partial charge in [0.2, 0.25) is 31.2 Å². The molecule has 0 rings (SSSR count). The van der Waals surface area contributed by atoms with Crippen LogP contribution in [0.25, 0.3) is 0 Å². The molecule has 0 saturated heterocycles. The molecule has 0 aromatic heterocycles. The van der Waals surface area contributed by atoms with Crippen molar-refractivity contribution >= 4 is 31.2 Å². The molecule has 0 aliphatic carbocycles. The van der Waals surface area contributed by atoms with Crippen LogP contribution in [0.4, 0.5) is 0 Å². The van der Waals surface area contributed by atoms with Crippen molar-refractivity contribution in [2.45, 2.75) is 0 Å². The van der Waals surface area contributed by atoms with Crippen LogP contribution in [-0.2, 0) is 31.2 Å². The monoisotopic (exact) mass is 431 g/mol. The van der Waals surface area contributed by atoms with Gasteiger partial charge < -0.3 is 13.7 Å². The van der Waals surface area contributed by atoms with Crippen LogP contribution in [0.3, 0.4) is 0 Å². The number of hydrogen-bond acceptors (Lipinski definition) is 9. The predicted molar refractivity (Wildman–Crippen MR) is 37.0 cm³/mol. The Morgan fingerprint density at radius 2 is 0.562 bits per heavy atom. The quantitative estimate of drug-likeness (QED) is 0.257. The normalized spacial score (nSPS) is 10.9. The molecule has 97 valence electrons. The van der Waals surface area contributed by atoms with Crippen molar-refractivity contribution < 1.29 is 94.3 Å². The minimum absolute atomic E-state index is 0. The van der Waals surface area contributed by atoms with E-state index in [-0.39, 0.29) is 41.7 Å². The molecule has 0 aromatic carbocycles. The van der Waals surface area contributed by atoms with Gasteiger partial charge in [0.05, 0.1) is 0 Å². The van der Waals surface area contributed by atoms with Gasteiger partial charge in [-0.05, 0) is 0 Å². The second kappa shape index (κ2) is 9.96. The van der Waals surface area contributed by atoms with E-state index in [4.69, 9.17) is 52.6 Å². The molecule has 0 spiro atoms. The molecule has 0 bridgehead atoms. The van der Waals surface area contributed by atoms with Gasteiger partial charge in [0, 0.05) is 0 Å². The molecule has 0 amide bonds. The SMILES string of the molecule is O=S(=O)([O-])O.O=S(=O)([O-])O.O=S(=O)([O-])O.[Ce+3]. The summed E-state index contributed by atoms with van der Waals surface area (Å²) in [5, 5.41) is 0. The smallest absolute Gasteiger partial charge is 0.726 e. The fourth-order valence-corrected chi connectivity index (χ4v) is 0. The second-order valence-corrected chi connectivity index (χ2v) is 3.85. The standard InChI is InChI=1S/Ce.3H2O4S/c;3*1-5(2,3)4/h;3*(H2,1,2,3,4)/q+3;;;/p-3. The second-order valence-electron chi connectivity index (χ2n) is 1.28. The minimum Gasteiger partial charge on any atom is -0.726 e. The van der Waals surface area contributed by atoms with E-state index in [2.05, 4.69) is 0 Å². The van der Waals surface area contributed by atoms with Crippen molar-refractivity contribution in [1.29, 1.82) is 0 Å². The van der Waals surface area contributed by atoms with Crippen molar-refractivity contribution in [3.8, 4) is 0 Å². The zero-order valence-electron chi connectivity index (χ0n) is 6.74. The zero-order valence-corrected chi connectivity index (χ0v) is 12.3. The third-order valence-electron chi connectivity index (χ3n) is 0. The van der Waals surface area contributed by atoms with Crippen molar-refractivity contribution in [3.05, 3.63) is 0 Å². The fraction of sp³-hybridized carbons (Fsp3) is 0. The molecule has 1 radical (unpaired) electrons. The van der Waals surface area contributed by atoms with Crippen LogP contribution in [-0.4, -0.2) is 52.6 Å². The van der Waals surface area contributed by atoms with E-state index in [0.29, 0.717) is 0 Å². The third kappa shape index (κ3) is 3010. The van der Waals surface area contributed by atoms with E-state index >= 15 is 0 Å². The average molecular weight is 431 g/mol. The largest absolute Gasteiger partial charge is 3.00 e. The number of hydrogen-bond donors (Lipinski definition) is 3. The molecule has 0 fully saturated rings. The van der Waals surface area contributed by atoms with Gasteiger partial charge >= 0.3 is 41.7 Å². The van der Waals surface area contributed by atoms with Gasteiger partial charge in [-0.1, -0.05) is 0 Å². The van der Waals surface area contributed by atoms with Crippen molar-refractivity contribution in [1.82, 2.24) is 0 Å². The Bertz CT molecular complexity index is 337. The van der Waals surface area contributed by atoms with Crippen LogP contribution in [0.2, 0.25) is 0 Å². The summed E-state index contributed by atoms with van der Waals surface area (Å²) in [6, 6.07) is 0. The van der Waals surface area contributed by atoms with Crippen LogP contribution >= 0.6 is 0 Å². The van der Waals surface area contributed by atoms with Crippen LogP contribution < -0.4 is 0 Å². The number of rotatable bonds is 0. The zero-order chi connectivity index (χ0) is 13.5. The molecule has 0 saturated carbocycles. The van der Waals surface area contributed by atoms with Gasteiger partial charge in [-0.2, -0.15) is 0 Å². The van der Waals surface area contributed by atoms with Crippen molar-refractivity contribution in [3.63, 3.8) is 0 Å². The molecule has 16 heavy (non-hydrogen) atoms. The molecule has 0 aliphatic heterocycles. The summed E-state index contributed by atoms with van der Waals surface area (Å²) in [4.78, 5) is 0. The summed E-state index contributed by atoms with van der Waals surface area (Å²) >= 11 is 0. The first kappa shape index (κ1) is 25.7. The van der Waals surface area contributed by atoms with Gasteiger partial charge in [-0.15, -0.1) is 0 Å². The summed E-state index contributed by atoms with van der Waals surface area (Å²) in [6.07, 6.45) is 0. The third-order valence-corrected chi connectivity index (χ3v) is 0. The maximum absolute atomic E-state index is 8.63. The van der Waals surface area contributed by atoms with E-state index in [9.17, 15) is 0 Å². The van der Waals surface area contributed by atoms with E-state index in [1.54, 1.807) is 0 Å². The Labute approximate surface area is 124 Å². The molecule has 12 nitrogen and oxygen atoms in total. The summed E-state index contributed by atoms with van der Waals surface area (Å²) < 4.78 is 98.5. The van der Waals surface area contributed by atoms with Crippen LogP contribution in [0.15, 0.2) is 0 Å². The first-order valence-electron chi connectivity index (χ1n) is 2.05. The van der Waals surface area contributed by atoms with E-state index < -0.39 is 31.2 Å². The van der Waals surface area contributed by atoms with Gasteiger partial charge in [0.1, 0.15) is 0 Å². The molecule has 0 heterocycles. The first-order chi connectivity index (χ1) is 6.00. The first-order valence-corrected chi connectivity index (χ1v) is 6.14. The van der Waals surface area contributed by atoms with E-state index in [1.807, 2.05) is 0 Å². The predicted octanol–water partition coefficient (Wildman–Crippen LogP) is -2.99. The topological polar surface area (TPSA) is 232 Å². The summed E-state index contributed by atoms with van der Waals surface area (Å²) in [5.41, 5.74) is 0. The maximum Gasteiger partial charge on any atom is 3.00 e. The van der Waals surface area contributed by atoms with Crippen LogP contribution in [0, 0.1) is 41.7 Å². The van der Waals surface area contributed by atoms with Gasteiger partial charge in [0.15, 0.2) is 0 Å². The molecule has 0 aromatic rings. The van der Waals surface area contributed by atoms with Gasteiger partial charge in [0.25, 0.3) is 0 Å². The maximum atomic E-state index is 8.63. The van der Waals surface area contributed by atoms with E-state index in [1.165, 1.54) is 0 Å². The van der Waals surface area contributed by atoms with Crippen LogP contribution in [0.1, 0.15) is 0 Å². The molecule has 0 aliphatic rings. The minimum atomic E-state index is -4.92. The summed E-state index contributed by atoms with van der Waals surface area (Å²) in [7, 11) is -14.7. The Morgan fingerprint density at radius 3 is 0.562 bits per heavy atom. The van der Waals surface area contributed by atoms with Gasteiger partial charge in [-0.3, -0.25) is 13.7 Å². The molecule has 0 atom stereocenters.